The number of rotatable bonds is 1. The van der Waals surface area contributed by atoms with E-state index < -0.39 is 0 Å². The Bertz CT molecular complexity index is 110. The zero-order valence-corrected chi connectivity index (χ0v) is 8.71. The lowest BCUT2D eigenvalue weighted by molar-refractivity contribution is 0.932. The third-order valence-corrected chi connectivity index (χ3v) is 2.41. The van der Waals surface area contributed by atoms with Crippen LogP contribution < -0.4 is 0 Å². The topological polar surface area (TPSA) is 12.4 Å². The summed E-state index contributed by atoms with van der Waals surface area (Å²) in [6, 6.07) is 0. The minimum Gasteiger partial charge on any atom is -0.283 e. The van der Waals surface area contributed by atoms with Gasteiger partial charge in [-0.25, -0.2) is 0 Å². The van der Waals surface area contributed by atoms with Crippen LogP contribution in [-0.4, -0.2) is 17.3 Å². The van der Waals surface area contributed by atoms with E-state index in [-0.39, 0.29) is 0 Å². The highest BCUT2D eigenvalue weighted by atomic mass is 32.2. The zero-order chi connectivity index (χ0) is 8.53. The molecule has 11 heavy (non-hydrogen) atoms. The van der Waals surface area contributed by atoms with Gasteiger partial charge in [0.2, 0.25) is 0 Å². The van der Waals surface area contributed by atoms with Crippen molar-refractivity contribution in [2.45, 2.75) is 40.0 Å². The summed E-state index contributed by atoms with van der Waals surface area (Å²) in [7, 11) is 0. The zero-order valence-electron chi connectivity index (χ0n) is 7.89. The molecule has 0 fully saturated rings. The first-order valence-electron chi connectivity index (χ1n) is 4.51. The van der Waals surface area contributed by atoms with Gasteiger partial charge < -0.3 is 0 Å². The van der Waals surface area contributed by atoms with Crippen molar-refractivity contribution >= 4 is 16.8 Å². The third-order valence-electron chi connectivity index (χ3n) is 1.16. The molecule has 0 amide bonds. The molecule has 1 rings (SSSR count). The second-order valence-electron chi connectivity index (χ2n) is 2.54. The molecule has 0 aliphatic carbocycles. The van der Waals surface area contributed by atoms with E-state index in [9.17, 15) is 0 Å². The van der Waals surface area contributed by atoms with Crippen molar-refractivity contribution in [3.8, 4) is 0 Å². The molecule has 0 saturated carbocycles. The molecule has 2 heteroatoms. The summed E-state index contributed by atoms with van der Waals surface area (Å²) in [5, 5.41) is 1.34. The lowest BCUT2D eigenvalue weighted by atomic mass is 10.4. The Morgan fingerprint density at radius 1 is 1.36 bits per heavy atom. The van der Waals surface area contributed by atoms with Gasteiger partial charge in [0.25, 0.3) is 0 Å². The number of aliphatic imine (C=N–C) groups is 1. The molecule has 1 nitrogen and oxygen atoms in total. The van der Waals surface area contributed by atoms with Gasteiger partial charge in [-0.15, -0.1) is 11.8 Å². The molecule has 0 spiro atoms. The van der Waals surface area contributed by atoms with Crippen LogP contribution >= 0.6 is 11.8 Å². The van der Waals surface area contributed by atoms with Crippen LogP contribution in [0.15, 0.2) is 4.99 Å². The summed E-state index contributed by atoms with van der Waals surface area (Å²) in [5.41, 5.74) is 0. The highest BCUT2D eigenvalue weighted by Gasteiger charge is 2.00. The average molecular weight is 173 g/mol. The Labute approximate surface area is 74.7 Å². The Morgan fingerprint density at radius 2 is 2.00 bits per heavy atom. The van der Waals surface area contributed by atoms with Gasteiger partial charge in [-0.1, -0.05) is 27.2 Å². The van der Waals surface area contributed by atoms with Gasteiger partial charge in [-0.3, -0.25) is 4.99 Å². The van der Waals surface area contributed by atoms with Gasteiger partial charge in [0.15, 0.2) is 0 Å². The summed E-state index contributed by atoms with van der Waals surface area (Å²) < 4.78 is 0. The predicted octanol–water partition coefficient (Wildman–Crippen LogP) is 3.35. The smallest absolute Gasteiger partial charge is 0.0673 e. The third kappa shape index (κ3) is 6.42. The average Bonchev–Trinajstić information content (AvgIpc) is 2.08. The van der Waals surface area contributed by atoms with E-state index in [1.807, 2.05) is 11.8 Å². The van der Waals surface area contributed by atoms with Crippen molar-refractivity contribution in [1.29, 1.82) is 0 Å². The van der Waals surface area contributed by atoms with Crippen LogP contribution in [0.4, 0.5) is 0 Å². The van der Waals surface area contributed by atoms with Crippen molar-refractivity contribution in [2.75, 3.05) is 12.3 Å². The van der Waals surface area contributed by atoms with Crippen LogP contribution in [-0.2, 0) is 0 Å². The maximum atomic E-state index is 4.33. The molecule has 1 aliphatic rings. The van der Waals surface area contributed by atoms with Gasteiger partial charge in [0.05, 0.1) is 5.04 Å². The van der Waals surface area contributed by atoms with Gasteiger partial charge >= 0.3 is 0 Å². The van der Waals surface area contributed by atoms with Gasteiger partial charge in [-0.2, -0.15) is 0 Å². The highest BCUT2D eigenvalue weighted by molar-refractivity contribution is 8.13. The van der Waals surface area contributed by atoms with Crippen LogP contribution in [0, 0.1) is 0 Å². The number of nitrogens with zero attached hydrogens (tertiary/aromatic N) is 1. The fourth-order valence-electron chi connectivity index (χ4n) is 0.718. The van der Waals surface area contributed by atoms with E-state index in [0.29, 0.717) is 0 Å². The van der Waals surface area contributed by atoms with Crippen LogP contribution in [0.1, 0.15) is 40.0 Å². The van der Waals surface area contributed by atoms with Crippen LogP contribution in [0.2, 0.25) is 0 Å². The van der Waals surface area contributed by atoms with Gasteiger partial charge in [0.1, 0.15) is 0 Å². The van der Waals surface area contributed by atoms with Crippen LogP contribution in [0.3, 0.4) is 0 Å². The molecule has 1 heterocycles. The molecule has 0 aromatic heterocycles. The molecule has 0 aromatic rings. The normalized spacial score (nSPS) is 16.5. The summed E-state index contributed by atoms with van der Waals surface area (Å²) in [4.78, 5) is 4.33. The molecule has 0 radical (unpaired) electrons. The molecule has 0 aromatic carbocycles. The second-order valence-corrected chi connectivity index (χ2v) is 3.71. The fraction of sp³-hybridized carbons (Fsp3) is 0.889. The SMILES string of the molecule is CCC.CCC1=NCCCS1. The molecule has 66 valence electrons. The molecule has 0 unspecified atom stereocenters. The lowest BCUT2D eigenvalue weighted by Crippen LogP contribution is -2.01. The first-order chi connectivity index (χ1) is 5.35. The summed E-state index contributed by atoms with van der Waals surface area (Å²) in [5.74, 6) is 1.28. The molecule has 0 atom stereocenters. The van der Waals surface area contributed by atoms with Crippen molar-refractivity contribution < 1.29 is 0 Å². The quantitative estimate of drug-likeness (QED) is 0.592. The standard InChI is InChI=1S/C6H11NS.C3H8/c1-2-6-7-4-3-5-8-6;1-3-2/h2-5H2,1H3;3H2,1-2H3. The van der Waals surface area contributed by atoms with E-state index in [1.54, 1.807) is 0 Å². The van der Waals surface area contributed by atoms with E-state index >= 15 is 0 Å². The first-order valence-corrected chi connectivity index (χ1v) is 5.49. The minimum atomic E-state index is 1.07. The Hall–Kier alpha value is 0.0200. The second kappa shape index (κ2) is 8.12. The van der Waals surface area contributed by atoms with Crippen molar-refractivity contribution in [2.24, 2.45) is 4.99 Å². The Kier molecular flexibility index (Phi) is 8.13. The highest BCUT2D eigenvalue weighted by Crippen LogP contribution is 2.13. The van der Waals surface area contributed by atoms with Crippen molar-refractivity contribution in [3.63, 3.8) is 0 Å². The summed E-state index contributed by atoms with van der Waals surface area (Å²) in [6.45, 7) is 7.48. The van der Waals surface area contributed by atoms with Gasteiger partial charge in [0, 0.05) is 12.3 Å². The molecule has 0 saturated heterocycles. The van der Waals surface area contributed by atoms with Crippen LogP contribution in [0.5, 0.6) is 0 Å². The van der Waals surface area contributed by atoms with E-state index in [2.05, 4.69) is 25.8 Å². The summed E-state index contributed by atoms with van der Waals surface area (Å²) in [6.07, 6.45) is 3.65. The number of thioether (sulfide) groups is 1. The fourth-order valence-corrected chi connectivity index (χ4v) is 1.61. The van der Waals surface area contributed by atoms with E-state index in [4.69, 9.17) is 0 Å². The predicted molar refractivity (Wildman–Crippen MR) is 55.6 cm³/mol. The lowest BCUT2D eigenvalue weighted by Gasteiger charge is -2.07. The molecule has 0 bridgehead atoms. The Morgan fingerprint density at radius 3 is 2.27 bits per heavy atom. The largest absolute Gasteiger partial charge is 0.283 e. The summed E-state index contributed by atoms with van der Waals surface area (Å²) >= 11 is 1.91. The maximum absolute atomic E-state index is 4.33. The molecule has 0 N–H and O–H groups in total. The maximum Gasteiger partial charge on any atom is 0.0673 e. The molecular formula is C9H19NS. The van der Waals surface area contributed by atoms with Gasteiger partial charge in [-0.05, 0) is 12.8 Å². The van der Waals surface area contributed by atoms with Crippen molar-refractivity contribution in [1.82, 2.24) is 0 Å². The Balaban J connectivity index is 0.000000292. The number of hydrogen-bond donors (Lipinski definition) is 0. The first kappa shape index (κ1) is 11.0. The molecular weight excluding hydrogens is 154 g/mol. The van der Waals surface area contributed by atoms with E-state index in [1.165, 1.54) is 23.6 Å². The number of hydrogen-bond acceptors (Lipinski definition) is 2. The van der Waals surface area contributed by atoms with Crippen LogP contribution in [0.25, 0.3) is 0 Å². The van der Waals surface area contributed by atoms with Crippen molar-refractivity contribution in [3.05, 3.63) is 0 Å². The van der Waals surface area contributed by atoms with E-state index in [0.717, 1.165) is 13.0 Å². The minimum absolute atomic E-state index is 1.07. The monoisotopic (exact) mass is 173 g/mol. The molecule has 1 aliphatic heterocycles.